The van der Waals surface area contributed by atoms with Crippen LogP contribution in [0.5, 0.6) is 5.75 Å². The molecule has 5 heteroatoms. The van der Waals surface area contributed by atoms with Crippen LogP contribution in [0, 0.1) is 0 Å². The smallest absolute Gasteiger partial charge is 0.227 e. The van der Waals surface area contributed by atoms with Gasteiger partial charge in [-0.15, -0.1) is 0 Å². The van der Waals surface area contributed by atoms with Crippen LogP contribution in [0.4, 0.5) is 0 Å². The van der Waals surface area contributed by atoms with Crippen molar-refractivity contribution in [1.29, 1.82) is 0 Å². The quantitative estimate of drug-likeness (QED) is 0.612. The fourth-order valence-corrected chi connectivity index (χ4v) is 3.60. The molecule has 29 heavy (non-hydrogen) atoms. The minimum Gasteiger partial charge on any atom is -0.494 e. The Hall–Kier alpha value is -2.37. The van der Waals surface area contributed by atoms with Gasteiger partial charge in [0, 0.05) is 39.3 Å². The maximum atomic E-state index is 12.5. The fourth-order valence-electron chi connectivity index (χ4n) is 3.60. The molecular weight excluding hydrogens is 362 g/mol. The molecule has 2 aromatic rings. The van der Waals surface area contributed by atoms with Crippen LogP contribution in [0.2, 0.25) is 0 Å². The monoisotopic (exact) mass is 395 g/mol. The molecule has 156 valence electrons. The summed E-state index contributed by atoms with van der Waals surface area (Å²) in [5.41, 5.74) is 2.35. The van der Waals surface area contributed by atoms with E-state index in [1.165, 1.54) is 5.56 Å². The van der Waals surface area contributed by atoms with Gasteiger partial charge in [0.15, 0.2) is 0 Å². The highest BCUT2D eigenvalue weighted by atomic mass is 16.5. The van der Waals surface area contributed by atoms with Crippen LogP contribution in [0.15, 0.2) is 54.6 Å². The number of ether oxygens (including phenoxy) is 1. The van der Waals surface area contributed by atoms with E-state index in [0.29, 0.717) is 6.42 Å². The third kappa shape index (κ3) is 7.18. The summed E-state index contributed by atoms with van der Waals surface area (Å²) in [7, 11) is 4.16. The average molecular weight is 396 g/mol. The Balaban J connectivity index is 1.42. The van der Waals surface area contributed by atoms with Gasteiger partial charge in [0.05, 0.1) is 13.0 Å². The first kappa shape index (κ1) is 21.3. The lowest BCUT2D eigenvalue weighted by Gasteiger charge is -2.35. The Labute approximate surface area is 174 Å². The van der Waals surface area contributed by atoms with Crippen LogP contribution in [0.1, 0.15) is 17.5 Å². The normalized spacial score (nSPS) is 14.9. The molecule has 1 saturated heterocycles. The van der Waals surface area contributed by atoms with Crippen molar-refractivity contribution < 1.29 is 9.53 Å². The Morgan fingerprint density at radius 1 is 0.966 bits per heavy atom. The largest absolute Gasteiger partial charge is 0.494 e. The minimum absolute atomic E-state index is 0.226. The van der Waals surface area contributed by atoms with Crippen LogP contribution in [0.3, 0.4) is 0 Å². The minimum atomic E-state index is 0.226. The van der Waals surface area contributed by atoms with Crippen molar-refractivity contribution >= 4 is 5.91 Å². The van der Waals surface area contributed by atoms with Crippen molar-refractivity contribution in [2.75, 3.05) is 53.4 Å². The molecule has 2 aromatic carbocycles. The van der Waals surface area contributed by atoms with Gasteiger partial charge in [-0.3, -0.25) is 9.69 Å². The van der Waals surface area contributed by atoms with Crippen molar-refractivity contribution in [3.8, 4) is 5.75 Å². The Bertz CT molecular complexity index is 756. The lowest BCUT2D eigenvalue weighted by molar-refractivity contribution is -0.132. The molecule has 1 amide bonds. The Kier molecular flexibility index (Phi) is 8.08. The lowest BCUT2D eigenvalue weighted by atomic mass is 10.1. The van der Waals surface area contributed by atoms with Gasteiger partial charge < -0.3 is 14.5 Å². The summed E-state index contributed by atoms with van der Waals surface area (Å²) in [6.07, 6.45) is 1.52. The molecule has 0 N–H and O–H groups in total. The number of carbonyl (C=O) groups is 1. The number of carbonyl (C=O) groups excluding carboxylic acids is 1. The molecule has 5 nitrogen and oxygen atoms in total. The second-order valence-electron chi connectivity index (χ2n) is 7.97. The summed E-state index contributed by atoms with van der Waals surface area (Å²) < 4.78 is 5.89. The summed E-state index contributed by atoms with van der Waals surface area (Å²) in [6, 6.07) is 18.4. The first-order valence-electron chi connectivity index (χ1n) is 10.5. The van der Waals surface area contributed by atoms with Crippen molar-refractivity contribution in [3.63, 3.8) is 0 Å². The van der Waals surface area contributed by atoms with E-state index in [1.54, 1.807) is 0 Å². The zero-order chi connectivity index (χ0) is 20.5. The molecule has 1 aliphatic heterocycles. The van der Waals surface area contributed by atoms with Gasteiger partial charge in [-0.2, -0.15) is 0 Å². The summed E-state index contributed by atoms with van der Waals surface area (Å²) >= 11 is 0. The molecule has 0 radical (unpaired) electrons. The van der Waals surface area contributed by atoms with E-state index in [9.17, 15) is 4.79 Å². The lowest BCUT2D eigenvalue weighted by Crippen LogP contribution is -2.48. The molecule has 1 heterocycles. The van der Waals surface area contributed by atoms with Gasteiger partial charge in [0.2, 0.25) is 5.91 Å². The number of rotatable bonds is 9. The second kappa shape index (κ2) is 11.0. The van der Waals surface area contributed by atoms with E-state index in [1.807, 2.05) is 41.3 Å². The van der Waals surface area contributed by atoms with Gasteiger partial charge in [-0.05, 0) is 43.8 Å². The molecule has 0 aromatic heterocycles. The summed E-state index contributed by atoms with van der Waals surface area (Å²) in [5, 5.41) is 0. The Morgan fingerprint density at radius 3 is 2.41 bits per heavy atom. The van der Waals surface area contributed by atoms with Crippen LogP contribution in [-0.2, 0) is 17.8 Å². The average Bonchev–Trinajstić information content (AvgIpc) is 2.73. The van der Waals surface area contributed by atoms with Gasteiger partial charge in [0.1, 0.15) is 5.75 Å². The highest BCUT2D eigenvalue weighted by molar-refractivity contribution is 5.78. The number of benzene rings is 2. The van der Waals surface area contributed by atoms with Crippen molar-refractivity contribution in [2.24, 2.45) is 0 Å². The highest BCUT2D eigenvalue weighted by Crippen LogP contribution is 2.16. The summed E-state index contributed by atoms with van der Waals surface area (Å²) in [5.74, 6) is 1.17. The van der Waals surface area contributed by atoms with Gasteiger partial charge in [0.25, 0.3) is 0 Å². The Morgan fingerprint density at radius 2 is 1.69 bits per heavy atom. The molecule has 0 spiro atoms. The molecule has 0 unspecified atom stereocenters. The van der Waals surface area contributed by atoms with E-state index in [0.717, 1.165) is 63.6 Å². The standard InChI is InChI=1S/C24H33N3O2/c1-25(2)12-7-17-29-23-11-6-10-22(18-23)20-26-13-15-27(16-14-26)24(28)19-21-8-4-3-5-9-21/h3-6,8-11,18H,7,12-17,19-20H2,1-2H3. The number of hydrogen-bond acceptors (Lipinski definition) is 4. The van der Waals surface area contributed by atoms with Gasteiger partial charge in [-0.25, -0.2) is 0 Å². The van der Waals surface area contributed by atoms with Crippen LogP contribution in [0.25, 0.3) is 0 Å². The number of piperazine rings is 1. The molecular formula is C24H33N3O2. The van der Waals surface area contributed by atoms with E-state index in [-0.39, 0.29) is 5.91 Å². The van der Waals surface area contributed by atoms with Crippen molar-refractivity contribution in [3.05, 3.63) is 65.7 Å². The predicted molar refractivity (Wildman–Crippen MR) is 117 cm³/mol. The van der Waals surface area contributed by atoms with E-state index in [4.69, 9.17) is 4.74 Å². The first-order valence-corrected chi connectivity index (χ1v) is 10.5. The first-order chi connectivity index (χ1) is 14.1. The fraction of sp³-hybridized carbons (Fsp3) is 0.458. The van der Waals surface area contributed by atoms with Crippen LogP contribution >= 0.6 is 0 Å². The van der Waals surface area contributed by atoms with Gasteiger partial charge in [-0.1, -0.05) is 42.5 Å². The van der Waals surface area contributed by atoms with Gasteiger partial charge >= 0.3 is 0 Å². The molecule has 1 fully saturated rings. The summed E-state index contributed by atoms with van der Waals surface area (Å²) in [6.45, 7) is 6.09. The van der Waals surface area contributed by atoms with E-state index >= 15 is 0 Å². The number of nitrogens with zero attached hydrogens (tertiary/aromatic N) is 3. The molecule has 1 aliphatic rings. The second-order valence-corrected chi connectivity index (χ2v) is 7.97. The third-order valence-corrected chi connectivity index (χ3v) is 5.25. The zero-order valence-electron chi connectivity index (χ0n) is 17.7. The van der Waals surface area contributed by atoms with Crippen molar-refractivity contribution in [1.82, 2.24) is 14.7 Å². The molecule has 0 aliphatic carbocycles. The molecule has 0 saturated carbocycles. The van der Waals surface area contributed by atoms with Crippen molar-refractivity contribution in [2.45, 2.75) is 19.4 Å². The molecule has 0 bridgehead atoms. The maximum absolute atomic E-state index is 12.5. The van der Waals surface area contributed by atoms with Crippen LogP contribution in [-0.4, -0.2) is 74.0 Å². The molecule has 3 rings (SSSR count). The molecule has 0 atom stereocenters. The number of amides is 1. The van der Waals surface area contributed by atoms with Crippen LogP contribution < -0.4 is 4.74 Å². The maximum Gasteiger partial charge on any atom is 0.227 e. The number of hydrogen-bond donors (Lipinski definition) is 0. The SMILES string of the molecule is CN(C)CCCOc1cccc(CN2CCN(C(=O)Cc3ccccc3)CC2)c1. The topological polar surface area (TPSA) is 36.0 Å². The van der Waals surface area contributed by atoms with E-state index < -0.39 is 0 Å². The van der Waals surface area contributed by atoms with E-state index in [2.05, 4.69) is 42.1 Å². The zero-order valence-corrected chi connectivity index (χ0v) is 17.7. The third-order valence-electron chi connectivity index (χ3n) is 5.25. The predicted octanol–water partition coefficient (Wildman–Crippen LogP) is 2.90. The highest BCUT2D eigenvalue weighted by Gasteiger charge is 2.21. The summed E-state index contributed by atoms with van der Waals surface area (Å²) in [4.78, 5) is 19.1.